The molecule has 2 aromatic rings. The normalized spacial score (nSPS) is 19.1. The number of hydrogen-bond acceptors (Lipinski definition) is 4. The molecular weight excluding hydrogens is 252 g/mol. The van der Waals surface area contributed by atoms with Gasteiger partial charge in [0.05, 0.1) is 17.6 Å². The Hall–Kier alpha value is -1.65. The molecule has 1 saturated carbocycles. The first kappa shape index (κ1) is 13.3. The second-order valence-corrected chi connectivity index (χ2v) is 5.52. The van der Waals surface area contributed by atoms with Crippen molar-refractivity contribution in [2.24, 2.45) is 0 Å². The minimum absolute atomic E-state index is 0.115. The highest BCUT2D eigenvalue weighted by Crippen LogP contribution is 2.30. The van der Waals surface area contributed by atoms with E-state index < -0.39 is 5.60 Å². The SMILES string of the molecule is OC1(CNC(c2ccccn2)c2ccco2)CCCC1. The van der Waals surface area contributed by atoms with E-state index in [1.54, 1.807) is 12.5 Å². The van der Waals surface area contributed by atoms with Gasteiger partial charge in [0, 0.05) is 12.7 Å². The van der Waals surface area contributed by atoms with E-state index in [-0.39, 0.29) is 6.04 Å². The highest BCUT2D eigenvalue weighted by atomic mass is 16.3. The summed E-state index contributed by atoms with van der Waals surface area (Å²) in [6.45, 7) is 0.564. The maximum Gasteiger partial charge on any atom is 0.126 e. The molecule has 0 radical (unpaired) electrons. The lowest BCUT2D eigenvalue weighted by Crippen LogP contribution is -2.40. The molecule has 2 N–H and O–H groups in total. The summed E-state index contributed by atoms with van der Waals surface area (Å²) in [7, 11) is 0. The Balaban J connectivity index is 1.76. The highest BCUT2D eigenvalue weighted by Gasteiger charge is 2.32. The number of nitrogens with zero attached hydrogens (tertiary/aromatic N) is 1. The first-order valence-electron chi connectivity index (χ1n) is 7.17. The molecule has 4 heteroatoms. The van der Waals surface area contributed by atoms with Crippen LogP contribution in [0.4, 0.5) is 0 Å². The van der Waals surface area contributed by atoms with Gasteiger partial charge in [0.15, 0.2) is 0 Å². The Morgan fingerprint density at radius 1 is 1.25 bits per heavy atom. The van der Waals surface area contributed by atoms with Crippen molar-refractivity contribution < 1.29 is 9.52 Å². The molecule has 1 unspecified atom stereocenters. The fourth-order valence-electron chi connectivity index (χ4n) is 2.86. The highest BCUT2D eigenvalue weighted by molar-refractivity contribution is 5.20. The van der Waals surface area contributed by atoms with E-state index in [0.29, 0.717) is 6.54 Å². The van der Waals surface area contributed by atoms with E-state index in [2.05, 4.69) is 10.3 Å². The van der Waals surface area contributed by atoms with Crippen LogP contribution in [0.1, 0.15) is 43.2 Å². The predicted molar refractivity (Wildman–Crippen MR) is 76.2 cm³/mol. The fraction of sp³-hybridized carbons (Fsp3) is 0.438. The molecule has 1 aliphatic carbocycles. The number of aliphatic hydroxyl groups is 1. The van der Waals surface area contributed by atoms with Crippen LogP contribution in [-0.2, 0) is 0 Å². The molecule has 1 fully saturated rings. The van der Waals surface area contributed by atoms with E-state index in [4.69, 9.17) is 4.42 Å². The van der Waals surface area contributed by atoms with E-state index in [0.717, 1.165) is 37.1 Å². The molecule has 1 aliphatic rings. The lowest BCUT2D eigenvalue weighted by molar-refractivity contribution is 0.0453. The zero-order valence-corrected chi connectivity index (χ0v) is 11.5. The number of pyridine rings is 1. The molecule has 3 rings (SSSR count). The Morgan fingerprint density at radius 3 is 2.75 bits per heavy atom. The summed E-state index contributed by atoms with van der Waals surface area (Å²) in [5, 5.41) is 13.9. The lowest BCUT2D eigenvalue weighted by atomic mass is 10.0. The molecule has 0 aromatic carbocycles. The standard InChI is InChI=1S/C16H20N2O2/c19-16(8-2-3-9-16)12-18-15(14-7-5-11-20-14)13-6-1-4-10-17-13/h1,4-7,10-11,15,18-19H,2-3,8-9,12H2. The molecule has 106 valence electrons. The minimum Gasteiger partial charge on any atom is -0.467 e. The molecule has 0 spiro atoms. The summed E-state index contributed by atoms with van der Waals surface area (Å²) in [4.78, 5) is 4.40. The van der Waals surface area contributed by atoms with Crippen LogP contribution in [0, 0.1) is 0 Å². The molecule has 2 aromatic heterocycles. The van der Waals surface area contributed by atoms with E-state index in [1.807, 2.05) is 30.3 Å². The van der Waals surface area contributed by atoms with Crippen LogP contribution in [0.25, 0.3) is 0 Å². The van der Waals surface area contributed by atoms with Crippen molar-refractivity contribution in [2.45, 2.75) is 37.3 Å². The second-order valence-electron chi connectivity index (χ2n) is 5.52. The van der Waals surface area contributed by atoms with Crippen molar-refractivity contribution in [1.82, 2.24) is 10.3 Å². The van der Waals surface area contributed by atoms with Gasteiger partial charge in [-0.1, -0.05) is 18.9 Å². The Bertz CT molecular complexity index is 519. The van der Waals surface area contributed by atoms with Crippen molar-refractivity contribution in [3.63, 3.8) is 0 Å². The predicted octanol–water partition coefficient (Wildman–Crippen LogP) is 2.66. The zero-order chi connectivity index (χ0) is 13.8. The van der Waals surface area contributed by atoms with Gasteiger partial charge in [0.25, 0.3) is 0 Å². The molecule has 0 amide bonds. The number of furan rings is 1. The van der Waals surface area contributed by atoms with Crippen LogP contribution in [0.2, 0.25) is 0 Å². The smallest absolute Gasteiger partial charge is 0.126 e. The van der Waals surface area contributed by atoms with E-state index in [1.165, 1.54) is 0 Å². The number of aromatic nitrogens is 1. The maximum absolute atomic E-state index is 10.5. The molecule has 20 heavy (non-hydrogen) atoms. The van der Waals surface area contributed by atoms with Crippen molar-refractivity contribution >= 4 is 0 Å². The number of rotatable bonds is 5. The van der Waals surface area contributed by atoms with E-state index in [9.17, 15) is 5.11 Å². The summed E-state index contributed by atoms with van der Waals surface area (Å²) in [5.74, 6) is 0.824. The van der Waals surface area contributed by atoms with Crippen LogP contribution >= 0.6 is 0 Å². The van der Waals surface area contributed by atoms with Crippen LogP contribution in [-0.4, -0.2) is 22.2 Å². The van der Waals surface area contributed by atoms with Crippen molar-refractivity contribution in [2.75, 3.05) is 6.54 Å². The van der Waals surface area contributed by atoms with Crippen molar-refractivity contribution in [3.8, 4) is 0 Å². The van der Waals surface area contributed by atoms with Gasteiger partial charge in [-0.15, -0.1) is 0 Å². The van der Waals surface area contributed by atoms with Gasteiger partial charge < -0.3 is 9.52 Å². The van der Waals surface area contributed by atoms with Gasteiger partial charge in [-0.2, -0.15) is 0 Å². The van der Waals surface area contributed by atoms with Crippen LogP contribution in [0.15, 0.2) is 47.2 Å². The van der Waals surface area contributed by atoms with Gasteiger partial charge in [-0.3, -0.25) is 10.3 Å². The van der Waals surface area contributed by atoms with Gasteiger partial charge in [-0.05, 0) is 37.1 Å². The summed E-state index contributed by atoms with van der Waals surface area (Å²) in [6.07, 6.45) is 7.38. The number of hydrogen-bond donors (Lipinski definition) is 2. The molecule has 1 atom stereocenters. The summed E-state index contributed by atoms with van der Waals surface area (Å²) in [5.41, 5.74) is 0.323. The quantitative estimate of drug-likeness (QED) is 0.878. The average Bonchev–Trinajstić information content (AvgIpc) is 3.13. The molecule has 4 nitrogen and oxygen atoms in total. The molecule has 2 heterocycles. The zero-order valence-electron chi connectivity index (χ0n) is 11.5. The third-order valence-corrected chi connectivity index (χ3v) is 3.98. The monoisotopic (exact) mass is 272 g/mol. The van der Waals surface area contributed by atoms with E-state index >= 15 is 0 Å². The maximum atomic E-state index is 10.5. The first-order chi connectivity index (χ1) is 9.77. The van der Waals surface area contributed by atoms with Crippen LogP contribution in [0.5, 0.6) is 0 Å². The Labute approximate surface area is 118 Å². The molecule has 0 bridgehead atoms. The molecule has 0 aliphatic heterocycles. The Morgan fingerprint density at radius 2 is 2.10 bits per heavy atom. The van der Waals surface area contributed by atoms with Crippen molar-refractivity contribution in [1.29, 1.82) is 0 Å². The summed E-state index contributed by atoms with van der Waals surface area (Å²) in [6, 6.07) is 9.52. The fourth-order valence-corrected chi connectivity index (χ4v) is 2.86. The van der Waals surface area contributed by atoms with Gasteiger partial charge in [0.1, 0.15) is 11.8 Å². The third-order valence-electron chi connectivity index (χ3n) is 3.98. The second kappa shape index (κ2) is 5.77. The largest absolute Gasteiger partial charge is 0.467 e. The average molecular weight is 272 g/mol. The van der Waals surface area contributed by atoms with Crippen molar-refractivity contribution in [3.05, 3.63) is 54.2 Å². The third kappa shape index (κ3) is 2.92. The Kier molecular flexibility index (Phi) is 3.85. The lowest BCUT2D eigenvalue weighted by Gasteiger charge is -2.25. The summed E-state index contributed by atoms with van der Waals surface area (Å²) >= 11 is 0. The topological polar surface area (TPSA) is 58.3 Å². The minimum atomic E-state index is -0.584. The van der Waals surface area contributed by atoms with Crippen LogP contribution in [0.3, 0.4) is 0 Å². The first-order valence-corrected chi connectivity index (χ1v) is 7.17. The molecule has 0 saturated heterocycles. The summed E-state index contributed by atoms with van der Waals surface area (Å²) < 4.78 is 5.51. The van der Waals surface area contributed by atoms with Gasteiger partial charge >= 0.3 is 0 Å². The van der Waals surface area contributed by atoms with Crippen LogP contribution < -0.4 is 5.32 Å². The van der Waals surface area contributed by atoms with Gasteiger partial charge in [-0.25, -0.2) is 0 Å². The molecular formula is C16H20N2O2. The number of nitrogens with one attached hydrogen (secondary N) is 1. The van der Waals surface area contributed by atoms with Gasteiger partial charge in [0.2, 0.25) is 0 Å².